The average molecular weight is 571 g/mol. The van der Waals surface area contributed by atoms with Gasteiger partial charge in [-0.1, -0.05) is 55.4 Å². The van der Waals surface area contributed by atoms with Crippen LogP contribution >= 0.6 is 0 Å². The topological polar surface area (TPSA) is 72.2 Å². The van der Waals surface area contributed by atoms with Gasteiger partial charge in [0.05, 0.1) is 0 Å². The zero-order valence-corrected chi connectivity index (χ0v) is 29.5. The van der Waals surface area contributed by atoms with Crippen LogP contribution in [0.1, 0.15) is 122 Å². The monoisotopic (exact) mass is 571 g/mol. The third-order valence-corrected chi connectivity index (χ3v) is 7.18. The molecule has 0 rings (SSSR count). The molecule has 0 aromatic rings. The second-order valence-electron chi connectivity index (χ2n) is 14.1. The summed E-state index contributed by atoms with van der Waals surface area (Å²) in [6, 6.07) is 2.55. The summed E-state index contributed by atoms with van der Waals surface area (Å²) in [4.78, 5) is 0. The quantitative estimate of drug-likeness (QED) is 0.0714. The minimum atomic E-state index is 0.631. The second kappa shape index (κ2) is 28.9. The van der Waals surface area contributed by atoms with E-state index in [4.69, 9.17) is 0 Å². The van der Waals surface area contributed by atoms with Crippen molar-refractivity contribution >= 4 is 0 Å². The Kier molecular flexibility index (Phi) is 30.2. The zero-order valence-electron chi connectivity index (χ0n) is 29.5. The van der Waals surface area contributed by atoms with Crippen LogP contribution in [0.3, 0.4) is 0 Å². The van der Waals surface area contributed by atoms with Gasteiger partial charge in [0.25, 0.3) is 0 Å². The molecule has 0 radical (unpaired) electrons. The standard InChI is InChI=1S/C18H41N3.C16H37N3/c1-15(2)7-9-17(5)20-13-11-19-12-14-21-18(6)10-8-16(3)4;1-13(2)11-15(5)18-9-7-17-8-10-19-16(6)12-14(3)4/h15-21H,7-14H2,1-6H3;13-19H,7-12H2,1-6H3. The molecule has 6 heteroatoms. The molecule has 0 amide bonds. The lowest BCUT2D eigenvalue weighted by Gasteiger charge is -2.17. The van der Waals surface area contributed by atoms with Crippen LogP contribution in [0.15, 0.2) is 0 Å². The Morgan fingerprint density at radius 2 is 0.575 bits per heavy atom. The number of nitrogens with one attached hydrogen (secondary N) is 6. The van der Waals surface area contributed by atoms with Gasteiger partial charge in [0.15, 0.2) is 0 Å². The third kappa shape index (κ3) is 35.8. The molecule has 0 aromatic heterocycles. The molecule has 6 N–H and O–H groups in total. The van der Waals surface area contributed by atoms with Crippen LogP contribution in [0.5, 0.6) is 0 Å². The fourth-order valence-electron chi connectivity index (χ4n) is 4.83. The van der Waals surface area contributed by atoms with Crippen molar-refractivity contribution in [3.05, 3.63) is 0 Å². The van der Waals surface area contributed by atoms with Gasteiger partial charge in [0.2, 0.25) is 0 Å². The lowest BCUT2D eigenvalue weighted by molar-refractivity contribution is 0.427. The number of hydrogen-bond donors (Lipinski definition) is 6. The Balaban J connectivity index is 0. The highest BCUT2D eigenvalue weighted by Gasteiger charge is 2.05. The summed E-state index contributed by atoms with van der Waals surface area (Å²) in [6.45, 7) is 35.9. The normalized spacial score (nSPS) is 15.0. The molecule has 0 saturated heterocycles. The SMILES string of the molecule is CC(C)CC(C)NCCNCCNC(C)CC(C)C.CC(C)CCC(C)NCCNCCNC(C)CCC(C)C. The fraction of sp³-hybridized carbons (Fsp3) is 1.00. The first kappa shape index (κ1) is 41.9. The van der Waals surface area contributed by atoms with E-state index < -0.39 is 0 Å². The van der Waals surface area contributed by atoms with Crippen molar-refractivity contribution in [1.82, 2.24) is 31.9 Å². The summed E-state index contributed by atoms with van der Waals surface area (Å²) in [5.74, 6) is 3.19. The van der Waals surface area contributed by atoms with Crippen molar-refractivity contribution in [2.75, 3.05) is 52.4 Å². The largest absolute Gasteiger partial charge is 0.314 e. The van der Waals surface area contributed by atoms with Gasteiger partial charge >= 0.3 is 0 Å². The number of rotatable bonds is 26. The van der Waals surface area contributed by atoms with Gasteiger partial charge in [-0.3, -0.25) is 0 Å². The predicted octanol–water partition coefficient (Wildman–Crippen LogP) is 6.03. The smallest absolute Gasteiger partial charge is 0.00792 e. The van der Waals surface area contributed by atoms with Gasteiger partial charge in [0.1, 0.15) is 0 Å². The molecule has 0 aliphatic rings. The first-order chi connectivity index (χ1) is 18.8. The second-order valence-corrected chi connectivity index (χ2v) is 14.1. The molecule has 0 spiro atoms. The lowest BCUT2D eigenvalue weighted by Crippen LogP contribution is -2.38. The van der Waals surface area contributed by atoms with Crippen molar-refractivity contribution in [3.63, 3.8) is 0 Å². The highest BCUT2D eigenvalue weighted by atomic mass is 15.0. The lowest BCUT2D eigenvalue weighted by atomic mass is 10.0. The van der Waals surface area contributed by atoms with Crippen molar-refractivity contribution < 1.29 is 0 Å². The molecule has 0 saturated carbocycles. The first-order valence-corrected chi connectivity index (χ1v) is 17.2. The summed E-state index contributed by atoms with van der Waals surface area (Å²) >= 11 is 0. The van der Waals surface area contributed by atoms with Crippen molar-refractivity contribution in [3.8, 4) is 0 Å². The fourth-order valence-corrected chi connectivity index (χ4v) is 4.83. The minimum Gasteiger partial charge on any atom is -0.314 e. The molecule has 6 nitrogen and oxygen atoms in total. The van der Waals surface area contributed by atoms with Gasteiger partial charge in [-0.15, -0.1) is 0 Å². The molecule has 0 heterocycles. The Morgan fingerprint density at radius 3 is 0.825 bits per heavy atom. The molecular formula is C34H78N6. The van der Waals surface area contributed by atoms with Gasteiger partial charge in [-0.25, -0.2) is 0 Å². The maximum atomic E-state index is 3.59. The van der Waals surface area contributed by atoms with Crippen LogP contribution in [0.4, 0.5) is 0 Å². The van der Waals surface area contributed by atoms with Crippen LogP contribution < -0.4 is 31.9 Å². The Labute approximate surface area is 253 Å². The molecule has 0 fully saturated rings. The Hall–Kier alpha value is -0.240. The summed E-state index contributed by atoms with van der Waals surface area (Å²) in [6.07, 6.45) is 7.72. The summed E-state index contributed by atoms with van der Waals surface area (Å²) < 4.78 is 0. The first-order valence-electron chi connectivity index (χ1n) is 17.2. The summed E-state index contributed by atoms with van der Waals surface area (Å²) in [7, 11) is 0. The zero-order chi connectivity index (χ0) is 30.8. The van der Waals surface area contributed by atoms with E-state index in [1.54, 1.807) is 0 Å². The van der Waals surface area contributed by atoms with Crippen molar-refractivity contribution in [2.45, 2.75) is 146 Å². The van der Waals surface area contributed by atoms with E-state index in [0.717, 1.165) is 76.0 Å². The molecule has 0 aliphatic heterocycles. The van der Waals surface area contributed by atoms with Crippen LogP contribution in [0.2, 0.25) is 0 Å². The Bertz CT molecular complexity index is 455. The van der Waals surface area contributed by atoms with Crippen LogP contribution in [0.25, 0.3) is 0 Å². The van der Waals surface area contributed by atoms with Gasteiger partial charge in [-0.05, 0) is 89.9 Å². The van der Waals surface area contributed by atoms with Gasteiger partial charge in [0, 0.05) is 76.5 Å². The van der Waals surface area contributed by atoms with Crippen LogP contribution in [-0.2, 0) is 0 Å². The van der Waals surface area contributed by atoms with Gasteiger partial charge in [-0.2, -0.15) is 0 Å². The van der Waals surface area contributed by atoms with E-state index in [1.807, 2.05) is 0 Å². The van der Waals surface area contributed by atoms with Gasteiger partial charge < -0.3 is 31.9 Å². The molecule has 4 atom stereocenters. The van der Waals surface area contributed by atoms with Crippen molar-refractivity contribution in [1.29, 1.82) is 0 Å². The third-order valence-electron chi connectivity index (χ3n) is 7.18. The molecule has 0 aromatic carbocycles. The number of hydrogen-bond acceptors (Lipinski definition) is 6. The Morgan fingerprint density at radius 1 is 0.300 bits per heavy atom. The van der Waals surface area contributed by atoms with E-state index in [-0.39, 0.29) is 0 Å². The average Bonchev–Trinajstić information content (AvgIpc) is 2.84. The molecule has 244 valence electrons. The molecular weight excluding hydrogens is 492 g/mol. The van der Waals surface area contributed by atoms with E-state index in [0.29, 0.717) is 24.2 Å². The highest BCUT2D eigenvalue weighted by Crippen LogP contribution is 2.07. The molecule has 4 unspecified atom stereocenters. The van der Waals surface area contributed by atoms with Crippen LogP contribution in [0, 0.1) is 23.7 Å². The summed E-state index contributed by atoms with van der Waals surface area (Å²) in [5.41, 5.74) is 0. The highest BCUT2D eigenvalue weighted by molar-refractivity contribution is 4.67. The molecule has 40 heavy (non-hydrogen) atoms. The maximum Gasteiger partial charge on any atom is 0.00792 e. The van der Waals surface area contributed by atoms with E-state index in [9.17, 15) is 0 Å². The van der Waals surface area contributed by atoms with Crippen molar-refractivity contribution in [2.24, 2.45) is 23.7 Å². The van der Waals surface area contributed by atoms with E-state index in [2.05, 4.69) is 115 Å². The van der Waals surface area contributed by atoms with E-state index >= 15 is 0 Å². The molecule has 0 aliphatic carbocycles. The maximum absolute atomic E-state index is 3.59. The molecule has 0 bridgehead atoms. The van der Waals surface area contributed by atoms with E-state index in [1.165, 1.54) is 38.5 Å². The van der Waals surface area contributed by atoms with Crippen LogP contribution in [-0.4, -0.2) is 76.5 Å². The minimum absolute atomic E-state index is 0.631. The summed E-state index contributed by atoms with van der Waals surface area (Å²) in [5, 5.41) is 21.3. The predicted molar refractivity (Wildman–Crippen MR) is 183 cm³/mol.